The average Bonchev–Trinajstić information content (AvgIpc) is 3.17. The molecule has 1 aromatic carbocycles. The second-order valence-corrected chi connectivity index (χ2v) is 6.66. The Morgan fingerprint density at radius 1 is 1.19 bits per heavy atom. The largest absolute Gasteiger partial charge is 0.374 e. The summed E-state index contributed by atoms with van der Waals surface area (Å²) in [6.07, 6.45) is 6.43. The van der Waals surface area contributed by atoms with Crippen LogP contribution in [0.15, 0.2) is 30.3 Å². The summed E-state index contributed by atoms with van der Waals surface area (Å²) in [6.45, 7) is 6.24. The van der Waals surface area contributed by atoms with Crippen molar-refractivity contribution in [3.05, 3.63) is 35.9 Å². The van der Waals surface area contributed by atoms with Gasteiger partial charge in [0, 0.05) is 12.6 Å². The molecule has 2 saturated carbocycles. The van der Waals surface area contributed by atoms with E-state index in [1.807, 2.05) is 0 Å². The van der Waals surface area contributed by atoms with Crippen molar-refractivity contribution in [3.63, 3.8) is 0 Å². The lowest BCUT2D eigenvalue weighted by Gasteiger charge is -2.38. The van der Waals surface area contributed by atoms with Crippen molar-refractivity contribution in [3.8, 4) is 0 Å². The number of ether oxygens (including phenoxy) is 1. The number of hydrogen-bond acceptors (Lipinski definition) is 2. The van der Waals surface area contributed by atoms with Gasteiger partial charge in [-0.25, -0.2) is 0 Å². The molecule has 1 N–H and O–H groups in total. The normalized spacial score (nSPS) is 28.5. The summed E-state index contributed by atoms with van der Waals surface area (Å²) in [5.74, 6) is 1.48. The van der Waals surface area contributed by atoms with Crippen LogP contribution in [0.5, 0.6) is 0 Å². The highest BCUT2D eigenvalue weighted by atomic mass is 16.5. The predicted octanol–water partition coefficient (Wildman–Crippen LogP) is 4.12. The minimum Gasteiger partial charge on any atom is -0.374 e. The quantitative estimate of drug-likeness (QED) is 0.814. The van der Waals surface area contributed by atoms with Gasteiger partial charge in [-0.05, 0) is 50.1 Å². The Kier molecular flexibility index (Phi) is 4.66. The van der Waals surface area contributed by atoms with Gasteiger partial charge in [-0.3, -0.25) is 0 Å². The molecule has 3 unspecified atom stereocenters. The van der Waals surface area contributed by atoms with Crippen molar-refractivity contribution in [2.45, 2.75) is 63.5 Å². The maximum absolute atomic E-state index is 6.33. The molecule has 0 aromatic heterocycles. The molecule has 21 heavy (non-hydrogen) atoms. The van der Waals surface area contributed by atoms with E-state index in [-0.39, 0.29) is 5.60 Å². The lowest BCUT2D eigenvalue weighted by atomic mass is 9.86. The van der Waals surface area contributed by atoms with Crippen LogP contribution in [0.1, 0.15) is 57.4 Å². The van der Waals surface area contributed by atoms with Crippen molar-refractivity contribution in [2.24, 2.45) is 5.92 Å². The Bertz CT molecular complexity index is 438. The average molecular weight is 287 g/mol. The Hall–Kier alpha value is -0.860. The van der Waals surface area contributed by atoms with Gasteiger partial charge in [0.15, 0.2) is 0 Å². The van der Waals surface area contributed by atoms with Crippen LogP contribution < -0.4 is 5.32 Å². The molecule has 2 aliphatic rings. The molecule has 0 spiro atoms. The Balaban J connectivity index is 1.76. The van der Waals surface area contributed by atoms with Gasteiger partial charge in [-0.1, -0.05) is 50.1 Å². The van der Waals surface area contributed by atoms with E-state index in [0.29, 0.717) is 6.04 Å². The zero-order valence-electron chi connectivity index (χ0n) is 13.5. The number of likely N-dealkylation sites (N-methyl/N-ethyl adjacent to an activating group) is 1. The van der Waals surface area contributed by atoms with Crippen molar-refractivity contribution in [1.82, 2.24) is 5.32 Å². The standard InChI is InChI=1S/C19H29NO/c1-3-20-18(19(21-4-2)12-8-9-13-19)17-14-16(17)15-10-6-5-7-11-15/h5-7,10-11,16-18,20H,3-4,8-9,12-14H2,1-2H3. The Morgan fingerprint density at radius 3 is 2.52 bits per heavy atom. The van der Waals surface area contributed by atoms with Gasteiger partial charge in [0.2, 0.25) is 0 Å². The zero-order chi connectivity index (χ0) is 14.7. The summed E-state index contributed by atoms with van der Waals surface area (Å²) in [5, 5.41) is 3.79. The summed E-state index contributed by atoms with van der Waals surface area (Å²) in [4.78, 5) is 0. The van der Waals surface area contributed by atoms with Gasteiger partial charge in [0.05, 0.1) is 5.60 Å². The number of hydrogen-bond donors (Lipinski definition) is 1. The number of rotatable bonds is 7. The first-order valence-corrected chi connectivity index (χ1v) is 8.73. The third-order valence-electron chi connectivity index (χ3n) is 5.37. The molecule has 0 saturated heterocycles. The second kappa shape index (κ2) is 6.50. The van der Waals surface area contributed by atoms with Crippen LogP contribution in [-0.2, 0) is 4.74 Å². The molecular formula is C19H29NO. The van der Waals surface area contributed by atoms with E-state index < -0.39 is 0 Å². The third kappa shape index (κ3) is 3.02. The minimum atomic E-state index is 0.0962. The molecule has 2 nitrogen and oxygen atoms in total. The number of benzene rings is 1. The SMILES string of the molecule is CCNC(C1CC1c1ccccc1)C1(OCC)CCCC1. The van der Waals surface area contributed by atoms with Crippen molar-refractivity contribution < 1.29 is 4.74 Å². The van der Waals surface area contributed by atoms with Crippen molar-refractivity contribution in [1.29, 1.82) is 0 Å². The first-order valence-electron chi connectivity index (χ1n) is 8.73. The van der Waals surface area contributed by atoms with Crippen LogP contribution in [-0.4, -0.2) is 24.8 Å². The van der Waals surface area contributed by atoms with Crippen LogP contribution >= 0.6 is 0 Å². The highest BCUT2D eigenvalue weighted by Gasteiger charge is 2.53. The van der Waals surface area contributed by atoms with Gasteiger partial charge >= 0.3 is 0 Å². The number of nitrogens with one attached hydrogen (secondary N) is 1. The first kappa shape index (κ1) is 15.1. The fourth-order valence-corrected chi connectivity index (χ4v) is 4.42. The minimum absolute atomic E-state index is 0.0962. The highest BCUT2D eigenvalue weighted by Crippen LogP contribution is 2.54. The van der Waals surface area contributed by atoms with Gasteiger partial charge in [0.25, 0.3) is 0 Å². The molecule has 0 radical (unpaired) electrons. The lowest BCUT2D eigenvalue weighted by molar-refractivity contribution is -0.0667. The van der Waals surface area contributed by atoms with Crippen LogP contribution in [0.25, 0.3) is 0 Å². The maximum Gasteiger partial charge on any atom is 0.0837 e. The summed E-state index contributed by atoms with van der Waals surface area (Å²) < 4.78 is 6.33. The first-order chi connectivity index (χ1) is 10.3. The highest BCUT2D eigenvalue weighted by molar-refractivity contribution is 5.28. The molecule has 2 aliphatic carbocycles. The maximum atomic E-state index is 6.33. The summed E-state index contributed by atoms with van der Waals surface area (Å²) in [6, 6.07) is 11.5. The zero-order valence-corrected chi connectivity index (χ0v) is 13.5. The summed E-state index contributed by atoms with van der Waals surface area (Å²) in [5.41, 5.74) is 1.61. The molecule has 2 fully saturated rings. The van der Waals surface area contributed by atoms with Crippen LogP contribution in [0, 0.1) is 5.92 Å². The van der Waals surface area contributed by atoms with Crippen molar-refractivity contribution >= 4 is 0 Å². The van der Waals surface area contributed by atoms with Gasteiger partial charge in [-0.2, -0.15) is 0 Å². The molecular weight excluding hydrogens is 258 g/mol. The van der Waals surface area contributed by atoms with E-state index in [1.54, 1.807) is 0 Å². The monoisotopic (exact) mass is 287 g/mol. The molecule has 2 heteroatoms. The molecule has 0 heterocycles. The molecule has 1 aromatic rings. The van der Waals surface area contributed by atoms with E-state index >= 15 is 0 Å². The van der Waals surface area contributed by atoms with Crippen LogP contribution in [0.3, 0.4) is 0 Å². The van der Waals surface area contributed by atoms with Crippen LogP contribution in [0.2, 0.25) is 0 Å². The van der Waals surface area contributed by atoms with Crippen molar-refractivity contribution in [2.75, 3.05) is 13.2 Å². The molecule has 3 atom stereocenters. The summed E-state index contributed by atoms with van der Waals surface area (Å²) >= 11 is 0. The lowest BCUT2D eigenvalue weighted by Crippen LogP contribution is -2.52. The molecule has 3 rings (SSSR count). The van der Waals surface area contributed by atoms with Gasteiger partial charge in [0.1, 0.15) is 0 Å². The third-order valence-corrected chi connectivity index (χ3v) is 5.37. The second-order valence-electron chi connectivity index (χ2n) is 6.66. The van der Waals surface area contributed by atoms with E-state index in [0.717, 1.165) is 25.0 Å². The molecule has 0 amide bonds. The van der Waals surface area contributed by atoms with Gasteiger partial charge < -0.3 is 10.1 Å². The van der Waals surface area contributed by atoms with Crippen LogP contribution in [0.4, 0.5) is 0 Å². The van der Waals surface area contributed by atoms with Gasteiger partial charge in [-0.15, -0.1) is 0 Å². The molecule has 0 bridgehead atoms. The fourth-order valence-electron chi connectivity index (χ4n) is 4.42. The van der Waals surface area contributed by atoms with E-state index in [2.05, 4.69) is 49.5 Å². The molecule has 0 aliphatic heterocycles. The van der Waals surface area contributed by atoms with E-state index in [9.17, 15) is 0 Å². The topological polar surface area (TPSA) is 21.3 Å². The van der Waals surface area contributed by atoms with E-state index in [1.165, 1.54) is 37.7 Å². The predicted molar refractivity (Wildman–Crippen MR) is 87.6 cm³/mol. The smallest absolute Gasteiger partial charge is 0.0837 e. The molecule has 116 valence electrons. The fraction of sp³-hybridized carbons (Fsp3) is 0.684. The Morgan fingerprint density at radius 2 is 1.90 bits per heavy atom. The van der Waals surface area contributed by atoms with E-state index in [4.69, 9.17) is 4.74 Å². The summed E-state index contributed by atoms with van der Waals surface area (Å²) in [7, 11) is 0. The Labute approximate surface area is 129 Å².